The molecule has 1 saturated carbocycles. The van der Waals surface area contributed by atoms with Gasteiger partial charge in [-0.15, -0.1) is 11.3 Å². The van der Waals surface area contributed by atoms with Crippen molar-refractivity contribution in [1.82, 2.24) is 25.1 Å². The van der Waals surface area contributed by atoms with E-state index in [9.17, 15) is 9.59 Å². The average molecular weight is 428 g/mol. The van der Waals surface area contributed by atoms with Crippen LogP contribution in [-0.4, -0.2) is 70.9 Å². The second kappa shape index (κ2) is 9.66. The third-order valence-corrected chi connectivity index (χ3v) is 7.17. The first-order valence-electron chi connectivity index (χ1n) is 10.8. The smallest absolute Gasteiger partial charge is 0.263 e. The Bertz CT molecular complexity index is 871. The van der Waals surface area contributed by atoms with Crippen LogP contribution in [0.1, 0.15) is 41.0 Å². The van der Waals surface area contributed by atoms with Crippen LogP contribution in [0.3, 0.4) is 0 Å². The van der Waals surface area contributed by atoms with Gasteiger partial charge in [0.1, 0.15) is 9.88 Å². The maximum Gasteiger partial charge on any atom is 0.263 e. The largest absolute Gasteiger partial charge is 0.350 e. The molecule has 8 heteroatoms. The SMILES string of the molecule is Cc1nc(-c2ccccn2)sc1C(=O)NCCN1CCN(C(=O)C2CCCC2)CC1. The number of aromatic nitrogens is 2. The van der Waals surface area contributed by atoms with Gasteiger partial charge in [-0.25, -0.2) is 4.98 Å². The van der Waals surface area contributed by atoms with E-state index in [0.717, 1.165) is 62.0 Å². The number of thiazole rings is 1. The summed E-state index contributed by atoms with van der Waals surface area (Å²) in [6.07, 6.45) is 6.23. The third kappa shape index (κ3) is 4.87. The third-order valence-electron chi connectivity index (χ3n) is 5.99. The van der Waals surface area contributed by atoms with E-state index in [1.54, 1.807) is 6.20 Å². The normalized spacial score (nSPS) is 18.0. The van der Waals surface area contributed by atoms with E-state index < -0.39 is 0 Å². The fraction of sp³-hybridized carbons (Fsp3) is 0.545. The molecule has 3 heterocycles. The lowest BCUT2D eigenvalue weighted by Gasteiger charge is -2.36. The molecule has 2 fully saturated rings. The Hall–Kier alpha value is -2.32. The second-order valence-corrected chi connectivity index (χ2v) is 9.05. The number of amides is 2. The number of carbonyl (C=O) groups is 2. The predicted molar refractivity (Wildman–Crippen MR) is 117 cm³/mol. The molecule has 1 N–H and O–H groups in total. The van der Waals surface area contributed by atoms with Crippen LogP contribution < -0.4 is 5.32 Å². The van der Waals surface area contributed by atoms with Gasteiger partial charge in [0.25, 0.3) is 5.91 Å². The Morgan fingerprint density at radius 2 is 1.93 bits per heavy atom. The molecule has 4 rings (SSSR count). The Morgan fingerprint density at radius 1 is 1.17 bits per heavy atom. The van der Waals surface area contributed by atoms with E-state index in [-0.39, 0.29) is 11.8 Å². The quantitative estimate of drug-likeness (QED) is 0.767. The Kier molecular flexibility index (Phi) is 6.74. The van der Waals surface area contributed by atoms with E-state index in [0.29, 0.717) is 17.3 Å². The van der Waals surface area contributed by atoms with Crippen molar-refractivity contribution in [2.45, 2.75) is 32.6 Å². The number of aryl methyl sites for hydroxylation is 1. The maximum atomic E-state index is 12.6. The van der Waals surface area contributed by atoms with Gasteiger partial charge in [-0.1, -0.05) is 18.9 Å². The predicted octanol–water partition coefficient (Wildman–Crippen LogP) is 2.58. The molecule has 0 spiro atoms. The molecule has 0 unspecified atom stereocenters. The highest BCUT2D eigenvalue weighted by Crippen LogP contribution is 2.27. The lowest BCUT2D eigenvalue weighted by atomic mass is 10.1. The zero-order chi connectivity index (χ0) is 20.9. The minimum atomic E-state index is -0.0813. The van der Waals surface area contributed by atoms with Gasteiger partial charge in [0, 0.05) is 51.4 Å². The van der Waals surface area contributed by atoms with Gasteiger partial charge in [0.15, 0.2) is 0 Å². The van der Waals surface area contributed by atoms with Gasteiger partial charge < -0.3 is 10.2 Å². The molecule has 30 heavy (non-hydrogen) atoms. The van der Waals surface area contributed by atoms with E-state index in [1.807, 2.05) is 30.0 Å². The lowest BCUT2D eigenvalue weighted by molar-refractivity contribution is -0.137. The van der Waals surface area contributed by atoms with E-state index in [1.165, 1.54) is 24.2 Å². The summed E-state index contributed by atoms with van der Waals surface area (Å²) in [5, 5.41) is 3.78. The summed E-state index contributed by atoms with van der Waals surface area (Å²) in [7, 11) is 0. The minimum absolute atomic E-state index is 0.0813. The van der Waals surface area contributed by atoms with Gasteiger partial charge in [-0.3, -0.25) is 19.5 Å². The number of carbonyl (C=O) groups excluding carboxylic acids is 2. The molecule has 2 aromatic heterocycles. The first kappa shape index (κ1) is 20.9. The van der Waals surface area contributed by atoms with Crippen molar-refractivity contribution in [2.75, 3.05) is 39.3 Å². The number of rotatable bonds is 6. The van der Waals surface area contributed by atoms with Crippen LogP contribution in [-0.2, 0) is 4.79 Å². The van der Waals surface area contributed by atoms with Gasteiger partial charge >= 0.3 is 0 Å². The van der Waals surface area contributed by atoms with Crippen LogP contribution in [0.4, 0.5) is 0 Å². The molecule has 2 aliphatic rings. The Balaban J connectivity index is 1.22. The van der Waals surface area contributed by atoms with Crippen LogP contribution in [0.2, 0.25) is 0 Å². The summed E-state index contributed by atoms with van der Waals surface area (Å²) < 4.78 is 0. The average Bonchev–Trinajstić information content (AvgIpc) is 3.44. The first-order chi connectivity index (χ1) is 14.6. The highest BCUT2D eigenvalue weighted by Gasteiger charge is 2.29. The van der Waals surface area contributed by atoms with Gasteiger partial charge in [-0.05, 0) is 31.9 Å². The first-order valence-corrected chi connectivity index (χ1v) is 11.6. The topological polar surface area (TPSA) is 78.4 Å². The van der Waals surface area contributed by atoms with Gasteiger partial charge in [-0.2, -0.15) is 0 Å². The van der Waals surface area contributed by atoms with Crippen LogP contribution in [0.25, 0.3) is 10.7 Å². The van der Waals surface area contributed by atoms with Crippen molar-refractivity contribution in [2.24, 2.45) is 5.92 Å². The van der Waals surface area contributed by atoms with Crippen molar-refractivity contribution in [3.8, 4) is 10.7 Å². The van der Waals surface area contributed by atoms with Crippen LogP contribution in [0.15, 0.2) is 24.4 Å². The Labute approximate surface area is 181 Å². The number of hydrogen-bond acceptors (Lipinski definition) is 6. The van der Waals surface area contributed by atoms with Gasteiger partial charge in [0.2, 0.25) is 5.91 Å². The molecule has 1 aliphatic carbocycles. The molecule has 0 bridgehead atoms. The molecule has 7 nitrogen and oxygen atoms in total. The molecule has 0 aromatic carbocycles. The van der Waals surface area contributed by atoms with Crippen LogP contribution in [0, 0.1) is 12.8 Å². The second-order valence-electron chi connectivity index (χ2n) is 8.05. The van der Waals surface area contributed by atoms with Crippen molar-refractivity contribution < 1.29 is 9.59 Å². The van der Waals surface area contributed by atoms with Crippen molar-refractivity contribution in [3.63, 3.8) is 0 Å². The summed E-state index contributed by atoms with van der Waals surface area (Å²) in [5.74, 6) is 0.529. The molecule has 2 aromatic rings. The van der Waals surface area contributed by atoms with Gasteiger partial charge in [0.05, 0.1) is 11.4 Å². The fourth-order valence-electron chi connectivity index (χ4n) is 4.24. The van der Waals surface area contributed by atoms with Crippen molar-refractivity contribution in [3.05, 3.63) is 35.0 Å². The molecule has 0 radical (unpaired) electrons. The monoisotopic (exact) mass is 427 g/mol. The van der Waals surface area contributed by atoms with Crippen LogP contribution >= 0.6 is 11.3 Å². The molecule has 160 valence electrons. The Morgan fingerprint density at radius 3 is 2.63 bits per heavy atom. The van der Waals surface area contributed by atoms with Crippen molar-refractivity contribution >= 4 is 23.2 Å². The zero-order valence-electron chi connectivity index (χ0n) is 17.5. The lowest BCUT2D eigenvalue weighted by Crippen LogP contribution is -2.51. The van der Waals surface area contributed by atoms with Crippen molar-refractivity contribution in [1.29, 1.82) is 0 Å². The summed E-state index contributed by atoms with van der Waals surface area (Å²) in [6, 6.07) is 5.68. The minimum Gasteiger partial charge on any atom is -0.350 e. The standard InChI is InChI=1S/C22H29N5O2S/c1-16-19(30-21(25-16)18-8-4-5-9-23-18)20(28)24-10-11-26-12-14-27(15-13-26)22(29)17-6-2-3-7-17/h4-5,8-9,17H,2-3,6-7,10-15H2,1H3,(H,24,28). The summed E-state index contributed by atoms with van der Waals surface area (Å²) >= 11 is 1.38. The summed E-state index contributed by atoms with van der Waals surface area (Å²) in [4.78, 5) is 39.0. The van der Waals surface area contributed by atoms with E-state index in [4.69, 9.17) is 0 Å². The maximum absolute atomic E-state index is 12.6. The molecule has 0 atom stereocenters. The van der Waals surface area contributed by atoms with Crippen LogP contribution in [0.5, 0.6) is 0 Å². The molecule has 2 amide bonds. The zero-order valence-corrected chi connectivity index (χ0v) is 18.3. The number of piperazine rings is 1. The van der Waals surface area contributed by atoms with E-state index in [2.05, 4.69) is 20.2 Å². The molecule has 1 aliphatic heterocycles. The fourth-order valence-corrected chi connectivity index (χ4v) is 5.20. The molecular weight excluding hydrogens is 398 g/mol. The summed E-state index contributed by atoms with van der Waals surface area (Å²) in [5.41, 5.74) is 1.52. The summed E-state index contributed by atoms with van der Waals surface area (Å²) in [6.45, 7) is 6.58. The number of pyridine rings is 1. The molecule has 1 saturated heterocycles. The molecular formula is C22H29N5O2S. The highest BCUT2D eigenvalue weighted by atomic mass is 32.1. The number of hydrogen-bond donors (Lipinski definition) is 1. The highest BCUT2D eigenvalue weighted by molar-refractivity contribution is 7.17. The number of nitrogens with one attached hydrogen (secondary N) is 1. The van der Waals surface area contributed by atoms with E-state index >= 15 is 0 Å². The number of nitrogens with zero attached hydrogens (tertiary/aromatic N) is 4.